The molecule has 69 heavy (non-hydrogen) atoms. The number of rotatable bonds is 47. The Labute approximate surface area is 421 Å². The number of aliphatic hydroxyl groups is 5. The van der Waals surface area contributed by atoms with E-state index in [9.17, 15) is 25.5 Å². The molecule has 8 atom stereocenters. The number of aromatic nitrogens is 3. The van der Waals surface area contributed by atoms with Crippen LogP contribution in [0.3, 0.4) is 0 Å². The standard InChI is InChI=1S/C58H106N4O7/c1-3-5-7-9-11-13-15-17-18-19-20-21-22-23-24-25-26-27-28-30-32-34-36-41-45-59-51(54(64)52(63)44-40-35-33-31-29-16-14-12-10-8-6-4-2)48-68-58-57(67)56(66)55(65)53(69-58)47-62-46-50(60-61-62)49-42-38-37-39-43-49/h37-39,42-43,46,51-59,63-67H,3-36,40-41,44-45,47-48H2,1-2H3/t51-,52+,53+,54-,55-,56-,57+,58-/m0/s1. The molecule has 11 heteroatoms. The first-order chi connectivity index (χ1) is 33.8. The van der Waals surface area contributed by atoms with Gasteiger partial charge < -0.3 is 40.3 Å². The van der Waals surface area contributed by atoms with E-state index < -0.39 is 49.0 Å². The second-order valence-corrected chi connectivity index (χ2v) is 21.0. The zero-order valence-electron chi connectivity index (χ0n) is 44.3. The minimum atomic E-state index is -1.52. The molecule has 0 spiro atoms. The molecule has 3 rings (SSSR count). The third-order valence-corrected chi connectivity index (χ3v) is 14.7. The van der Waals surface area contributed by atoms with Gasteiger partial charge >= 0.3 is 0 Å². The minimum Gasteiger partial charge on any atom is -0.390 e. The minimum absolute atomic E-state index is 0.0607. The van der Waals surface area contributed by atoms with Gasteiger partial charge in [0.2, 0.25) is 0 Å². The van der Waals surface area contributed by atoms with Crippen LogP contribution in [0.4, 0.5) is 0 Å². The molecule has 1 saturated heterocycles. The summed E-state index contributed by atoms with van der Waals surface area (Å²) < 4.78 is 13.7. The van der Waals surface area contributed by atoms with Gasteiger partial charge in [-0.2, -0.15) is 0 Å². The number of hydrogen-bond acceptors (Lipinski definition) is 10. The zero-order valence-corrected chi connectivity index (χ0v) is 44.3. The van der Waals surface area contributed by atoms with E-state index in [1.54, 1.807) is 10.9 Å². The molecule has 400 valence electrons. The van der Waals surface area contributed by atoms with Crippen LogP contribution in [0.25, 0.3) is 11.3 Å². The van der Waals surface area contributed by atoms with Crippen LogP contribution in [-0.4, -0.2) is 103 Å². The number of benzene rings is 1. The number of unbranched alkanes of at least 4 members (excludes halogenated alkanes) is 34. The van der Waals surface area contributed by atoms with E-state index in [1.165, 1.54) is 199 Å². The van der Waals surface area contributed by atoms with Gasteiger partial charge in [0.1, 0.15) is 30.1 Å². The molecule has 0 unspecified atom stereocenters. The molecule has 0 saturated carbocycles. The van der Waals surface area contributed by atoms with Gasteiger partial charge in [0.15, 0.2) is 6.29 Å². The largest absolute Gasteiger partial charge is 0.390 e. The van der Waals surface area contributed by atoms with Crippen molar-refractivity contribution in [2.45, 2.75) is 307 Å². The second kappa shape index (κ2) is 41.5. The Balaban J connectivity index is 1.32. The molecule has 0 bridgehead atoms. The van der Waals surface area contributed by atoms with Crippen LogP contribution in [0.1, 0.15) is 251 Å². The Hall–Kier alpha value is -1.96. The lowest BCUT2D eigenvalue weighted by Crippen LogP contribution is -2.60. The number of nitrogens with one attached hydrogen (secondary N) is 1. The average Bonchev–Trinajstić information content (AvgIpc) is 3.84. The Morgan fingerprint density at radius 2 is 0.971 bits per heavy atom. The topological polar surface area (TPSA) is 162 Å². The maximum atomic E-state index is 11.5. The van der Waals surface area contributed by atoms with E-state index in [1.807, 2.05) is 30.3 Å². The van der Waals surface area contributed by atoms with Gasteiger partial charge in [-0.15, -0.1) is 5.10 Å². The summed E-state index contributed by atoms with van der Waals surface area (Å²) >= 11 is 0. The highest BCUT2D eigenvalue weighted by atomic mass is 16.7. The maximum Gasteiger partial charge on any atom is 0.186 e. The predicted molar refractivity (Wildman–Crippen MR) is 284 cm³/mol. The zero-order chi connectivity index (χ0) is 49.4. The molecule has 1 aliphatic heterocycles. The van der Waals surface area contributed by atoms with Crippen molar-refractivity contribution in [3.8, 4) is 11.3 Å². The molecule has 2 heterocycles. The number of hydrogen-bond donors (Lipinski definition) is 6. The maximum absolute atomic E-state index is 11.5. The van der Waals surface area contributed by atoms with E-state index >= 15 is 0 Å². The first kappa shape index (κ1) is 61.3. The van der Waals surface area contributed by atoms with E-state index in [4.69, 9.17) is 9.47 Å². The Morgan fingerprint density at radius 3 is 1.42 bits per heavy atom. The summed E-state index contributed by atoms with van der Waals surface area (Å²) in [7, 11) is 0. The van der Waals surface area contributed by atoms with Crippen LogP contribution in [0, 0.1) is 0 Å². The quantitative estimate of drug-likeness (QED) is 0.0352. The molecule has 2 aromatic rings. The number of aliphatic hydroxyl groups excluding tert-OH is 5. The van der Waals surface area contributed by atoms with Crippen molar-refractivity contribution >= 4 is 0 Å². The molecular weight excluding hydrogens is 865 g/mol. The summed E-state index contributed by atoms with van der Waals surface area (Å²) in [5.74, 6) is 0. The lowest BCUT2D eigenvalue weighted by atomic mass is 9.98. The van der Waals surface area contributed by atoms with E-state index in [0.717, 1.165) is 37.7 Å². The van der Waals surface area contributed by atoms with Gasteiger partial charge in [-0.25, -0.2) is 4.68 Å². The van der Waals surface area contributed by atoms with Crippen LogP contribution >= 0.6 is 0 Å². The lowest BCUT2D eigenvalue weighted by molar-refractivity contribution is -0.301. The fraction of sp³-hybridized carbons (Fsp3) is 0.862. The van der Waals surface area contributed by atoms with Gasteiger partial charge in [0.05, 0.1) is 37.6 Å². The van der Waals surface area contributed by atoms with Gasteiger partial charge in [0, 0.05) is 5.56 Å². The fourth-order valence-electron chi connectivity index (χ4n) is 10.0. The van der Waals surface area contributed by atoms with Crippen molar-refractivity contribution in [1.82, 2.24) is 20.3 Å². The summed E-state index contributed by atoms with van der Waals surface area (Å²) in [6.07, 6.45) is 40.8. The summed E-state index contributed by atoms with van der Waals surface area (Å²) in [6.45, 7) is 5.22. The molecule has 1 fully saturated rings. The molecule has 0 amide bonds. The van der Waals surface area contributed by atoms with E-state index in [0.29, 0.717) is 18.7 Å². The molecule has 1 aromatic carbocycles. The van der Waals surface area contributed by atoms with Crippen LogP contribution < -0.4 is 5.32 Å². The molecule has 1 aliphatic rings. The van der Waals surface area contributed by atoms with E-state index in [2.05, 4.69) is 29.5 Å². The van der Waals surface area contributed by atoms with Crippen LogP contribution in [0.15, 0.2) is 36.5 Å². The third-order valence-electron chi connectivity index (χ3n) is 14.7. The van der Waals surface area contributed by atoms with Crippen LogP contribution in [-0.2, 0) is 16.0 Å². The third kappa shape index (κ3) is 28.8. The molecule has 1 aromatic heterocycles. The first-order valence-corrected chi connectivity index (χ1v) is 29.2. The van der Waals surface area contributed by atoms with Crippen molar-refractivity contribution in [1.29, 1.82) is 0 Å². The highest BCUT2D eigenvalue weighted by Crippen LogP contribution is 2.25. The fourth-order valence-corrected chi connectivity index (χ4v) is 10.0. The van der Waals surface area contributed by atoms with Gasteiger partial charge in [0.25, 0.3) is 0 Å². The Morgan fingerprint density at radius 1 is 0.551 bits per heavy atom. The smallest absolute Gasteiger partial charge is 0.186 e. The van der Waals surface area contributed by atoms with E-state index in [-0.39, 0.29) is 13.2 Å². The van der Waals surface area contributed by atoms with Crippen molar-refractivity contribution in [2.75, 3.05) is 13.2 Å². The molecule has 11 nitrogen and oxygen atoms in total. The van der Waals surface area contributed by atoms with Crippen molar-refractivity contribution in [2.24, 2.45) is 0 Å². The normalized spacial score (nSPS) is 19.8. The molecular formula is C58H106N4O7. The molecule has 0 aliphatic carbocycles. The summed E-state index contributed by atoms with van der Waals surface area (Å²) in [5.41, 5.74) is 1.56. The average molecular weight is 972 g/mol. The van der Waals surface area contributed by atoms with Crippen molar-refractivity contribution in [3.05, 3.63) is 36.5 Å². The van der Waals surface area contributed by atoms with Gasteiger partial charge in [-0.3, -0.25) is 0 Å². The van der Waals surface area contributed by atoms with Crippen molar-refractivity contribution in [3.63, 3.8) is 0 Å². The predicted octanol–water partition coefficient (Wildman–Crippen LogP) is 12.9. The highest BCUT2D eigenvalue weighted by Gasteiger charge is 2.45. The number of ether oxygens (including phenoxy) is 2. The summed E-state index contributed by atoms with van der Waals surface area (Å²) in [4.78, 5) is 0. The van der Waals surface area contributed by atoms with Crippen LogP contribution in [0.2, 0.25) is 0 Å². The first-order valence-electron chi connectivity index (χ1n) is 29.2. The summed E-state index contributed by atoms with van der Waals surface area (Å²) in [5, 5.41) is 67.2. The van der Waals surface area contributed by atoms with Crippen molar-refractivity contribution < 1.29 is 35.0 Å². The highest BCUT2D eigenvalue weighted by molar-refractivity contribution is 5.57. The monoisotopic (exact) mass is 971 g/mol. The summed E-state index contributed by atoms with van der Waals surface area (Å²) in [6, 6.07) is 9.01. The molecule has 0 radical (unpaired) electrons. The Kier molecular flexibility index (Phi) is 36.9. The second-order valence-electron chi connectivity index (χ2n) is 21.0. The van der Waals surface area contributed by atoms with Gasteiger partial charge in [-0.1, -0.05) is 274 Å². The SMILES string of the molecule is CCCCCCCCCCCCCCCCCCCCCCCCCCN[C@@H](CO[C@H]1O[C@H](Cn2cc(-c3ccccc3)nn2)[C@H](O)[C@H](O)[C@H]1O)[C@H](O)[C@H](O)CCCCCCCCCCCCCC. The number of nitrogens with zero attached hydrogens (tertiary/aromatic N) is 3. The molecule has 6 N–H and O–H groups in total. The van der Waals surface area contributed by atoms with Crippen LogP contribution in [0.5, 0.6) is 0 Å². The lowest BCUT2D eigenvalue weighted by Gasteiger charge is -2.41. The Bertz CT molecular complexity index is 1420. The van der Waals surface area contributed by atoms with Gasteiger partial charge in [-0.05, 0) is 19.4 Å².